The minimum Gasteiger partial charge on any atom is -0.463 e. The van der Waals surface area contributed by atoms with E-state index in [0.29, 0.717) is 73.6 Å². The minimum atomic E-state index is -0.153. The van der Waals surface area contributed by atoms with Crippen molar-refractivity contribution in [3.05, 3.63) is 12.7 Å². The summed E-state index contributed by atoms with van der Waals surface area (Å²) in [6.07, 6.45) is 20.5. The van der Waals surface area contributed by atoms with Crippen LogP contribution < -0.4 is 0 Å². The van der Waals surface area contributed by atoms with Crippen LogP contribution in [0.15, 0.2) is 12.7 Å². The summed E-state index contributed by atoms with van der Waals surface area (Å²) >= 11 is 0. The fourth-order valence-electron chi connectivity index (χ4n) is 11.3. The van der Waals surface area contributed by atoms with E-state index in [1.807, 2.05) is 27.7 Å². The average Bonchev–Trinajstić information content (AvgIpc) is 4.18. The SMILES string of the molecule is C.CC(C)OC(=O)CCCN1CCCCC1.CC(C)OC(=O)CCCn1cncn1.CC(C)OCCCN1CCC(C(C)(C)C)CC1.CC(C)OCCN1CC(C)OC(C)C1.CC(C)OCCN1C[C@@H](C)O[C@@H](C)C1.CC1CCN(CCCOC(C)C)CC1. The summed E-state index contributed by atoms with van der Waals surface area (Å²) in [7, 11) is 0. The standard InChI is InChI=1S/C15H31NO.C12H23NO2.C12H25NO.2C11H23NO2.C9H15N3O2.CH4/c1-13(2)17-12-6-9-16-10-7-14(8-11-16)15(3,4)5;1-11(2)15-12(14)7-6-10-13-8-4-3-5-9-13;1-11(2)14-10-4-7-13-8-5-12(3)6-9-13;2*1-9(2)13-6-5-12-7-10(3)14-11(4)8-12;1-8(2)14-9(13)4-3-5-12-7-10-6-11-12;/h13-14H,6-12H2,1-5H3;11H,3-10H2,1-2H3;11-12H,4-10H2,1-3H3;2*9-11H,5-8H2,1-4H3;6-8H,3-5H2,1-2H3;1H4/t;;;10-,11+;;;. The Morgan fingerprint density at radius 1 is 0.461 bits per heavy atom. The van der Waals surface area contributed by atoms with Crippen LogP contribution >= 0.6 is 0 Å². The maximum absolute atomic E-state index is 11.3. The molecule has 0 radical (unpaired) electrons. The number of hydrogen-bond acceptors (Lipinski definition) is 17. The molecular formula is C71H144N8O10. The first-order valence-corrected chi connectivity index (χ1v) is 35.2. The van der Waals surface area contributed by atoms with Gasteiger partial charge in [0.1, 0.15) is 12.7 Å². The highest BCUT2D eigenvalue weighted by molar-refractivity contribution is 5.69. The fourth-order valence-corrected chi connectivity index (χ4v) is 11.3. The predicted molar refractivity (Wildman–Crippen MR) is 368 cm³/mol. The Bertz CT molecular complexity index is 1710. The molecule has 0 spiro atoms. The molecule has 18 heteroatoms. The first kappa shape index (κ1) is 86.6. The molecule has 5 saturated heterocycles. The van der Waals surface area contributed by atoms with Crippen LogP contribution in [-0.4, -0.2) is 237 Å². The fraction of sp³-hybridized carbons (Fsp3) is 0.944. The Kier molecular flexibility index (Phi) is 50.6. The molecule has 0 bridgehead atoms. The first-order valence-electron chi connectivity index (χ1n) is 35.2. The van der Waals surface area contributed by atoms with E-state index in [2.05, 4.69) is 145 Å². The molecule has 528 valence electrons. The number of hydrogen-bond donors (Lipinski definition) is 0. The molecule has 89 heavy (non-hydrogen) atoms. The summed E-state index contributed by atoms with van der Waals surface area (Å²) in [6, 6.07) is 0. The zero-order valence-corrected chi connectivity index (χ0v) is 60.6. The number of nitrogens with zero attached hydrogens (tertiary/aromatic N) is 8. The highest BCUT2D eigenvalue weighted by atomic mass is 16.5. The van der Waals surface area contributed by atoms with Gasteiger partial charge in [0.15, 0.2) is 0 Å². The second-order valence-electron chi connectivity index (χ2n) is 28.3. The van der Waals surface area contributed by atoms with E-state index in [1.165, 1.54) is 116 Å². The topological polar surface area (TPSA) is 155 Å². The Labute approximate surface area is 547 Å². The van der Waals surface area contributed by atoms with Gasteiger partial charge in [-0.2, -0.15) is 5.10 Å². The molecule has 0 aromatic carbocycles. The van der Waals surface area contributed by atoms with Crippen molar-refractivity contribution in [1.82, 2.24) is 39.3 Å². The number of aryl methyl sites for hydroxylation is 1. The van der Waals surface area contributed by atoms with Crippen molar-refractivity contribution < 1.29 is 47.5 Å². The van der Waals surface area contributed by atoms with Gasteiger partial charge in [0.05, 0.1) is 74.3 Å². The van der Waals surface area contributed by atoms with Gasteiger partial charge in [-0.25, -0.2) is 4.98 Å². The molecule has 5 fully saturated rings. The predicted octanol–water partition coefficient (Wildman–Crippen LogP) is 13.0. The molecule has 0 saturated carbocycles. The highest BCUT2D eigenvalue weighted by Crippen LogP contribution is 2.34. The van der Waals surface area contributed by atoms with Crippen molar-refractivity contribution >= 4 is 11.9 Å². The quantitative estimate of drug-likeness (QED) is 0.0576. The second kappa shape index (κ2) is 52.0. The summed E-state index contributed by atoms with van der Waals surface area (Å²) < 4.78 is 45.3. The van der Waals surface area contributed by atoms with Crippen LogP contribution in [0.5, 0.6) is 0 Å². The molecule has 0 aliphatic carbocycles. The molecule has 18 nitrogen and oxygen atoms in total. The number of aromatic nitrogens is 3. The van der Waals surface area contributed by atoms with Crippen molar-refractivity contribution in [2.75, 3.05) is 125 Å². The molecule has 4 atom stereocenters. The summed E-state index contributed by atoms with van der Waals surface area (Å²) in [5.74, 6) is 1.64. The van der Waals surface area contributed by atoms with Gasteiger partial charge in [-0.05, 0) is 238 Å². The molecule has 0 amide bonds. The minimum absolute atomic E-state index is 0. The Balaban J connectivity index is 0.00000104. The third-order valence-electron chi connectivity index (χ3n) is 15.8. The number of carbonyl (C=O) groups excluding carboxylic acids is 2. The molecule has 5 aliphatic rings. The van der Waals surface area contributed by atoms with E-state index in [-0.39, 0.29) is 31.6 Å². The largest absolute Gasteiger partial charge is 0.463 e. The Morgan fingerprint density at radius 2 is 0.820 bits per heavy atom. The molecule has 6 heterocycles. The lowest BCUT2D eigenvalue weighted by atomic mass is 9.75. The number of esters is 2. The van der Waals surface area contributed by atoms with Gasteiger partial charge in [-0.1, -0.05) is 41.5 Å². The number of likely N-dealkylation sites (tertiary alicyclic amines) is 3. The Hall–Kier alpha value is -2.36. The molecule has 1 aromatic heterocycles. The zero-order valence-electron chi connectivity index (χ0n) is 60.6. The smallest absolute Gasteiger partial charge is 0.306 e. The summed E-state index contributed by atoms with van der Waals surface area (Å²) in [4.78, 5) is 38.6. The van der Waals surface area contributed by atoms with Crippen LogP contribution in [0.3, 0.4) is 0 Å². The highest BCUT2D eigenvalue weighted by Gasteiger charge is 2.29. The number of rotatable bonds is 28. The molecular weight excluding hydrogens is 1120 g/mol. The lowest BCUT2D eigenvalue weighted by molar-refractivity contribution is -0.148. The lowest BCUT2D eigenvalue weighted by Crippen LogP contribution is -2.46. The van der Waals surface area contributed by atoms with Crippen molar-refractivity contribution in [1.29, 1.82) is 0 Å². The zero-order chi connectivity index (χ0) is 65.9. The van der Waals surface area contributed by atoms with Crippen LogP contribution in [0.4, 0.5) is 0 Å². The van der Waals surface area contributed by atoms with Gasteiger partial charge < -0.3 is 52.6 Å². The number of piperidine rings is 3. The van der Waals surface area contributed by atoms with Gasteiger partial charge in [-0.15, -0.1) is 0 Å². The first-order chi connectivity index (χ1) is 41.6. The second-order valence-corrected chi connectivity index (χ2v) is 28.3. The van der Waals surface area contributed by atoms with Gasteiger partial charge in [0.2, 0.25) is 0 Å². The van der Waals surface area contributed by atoms with E-state index in [9.17, 15) is 9.59 Å². The van der Waals surface area contributed by atoms with Crippen molar-refractivity contribution in [3.8, 4) is 0 Å². The summed E-state index contributed by atoms with van der Waals surface area (Å²) in [6.45, 7) is 63.6. The molecule has 2 unspecified atom stereocenters. The van der Waals surface area contributed by atoms with Crippen LogP contribution in [0.1, 0.15) is 229 Å². The maximum atomic E-state index is 11.3. The maximum Gasteiger partial charge on any atom is 0.306 e. The van der Waals surface area contributed by atoms with E-state index >= 15 is 0 Å². The Morgan fingerprint density at radius 3 is 1.18 bits per heavy atom. The summed E-state index contributed by atoms with van der Waals surface area (Å²) in [5.41, 5.74) is 0.493. The van der Waals surface area contributed by atoms with Crippen LogP contribution in [0.25, 0.3) is 0 Å². The average molecular weight is 1270 g/mol. The van der Waals surface area contributed by atoms with E-state index in [0.717, 1.165) is 96.9 Å². The summed E-state index contributed by atoms with van der Waals surface area (Å²) in [5, 5.41) is 3.93. The molecule has 1 aromatic rings. The van der Waals surface area contributed by atoms with Crippen molar-refractivity contribution in [2.45, 2.75) is 297 Å². The van der Waals surface area contributed by atoms with Crippen LogP contribution in [0, 0.1) is 17.3 Å². The molecule has 5 aliphatic heterocycles. The number of morpholine rings is 2. The number of carbonyl (C=O) groups is 2. The van der Waals surface area contributed by atoms with Crippen molar-refractivity contribution in [3.63, 3.8) is 0 Å². The molecule has 0 N–H and O–H groups in total. The van der Waals surface area contributed by atoms with E-state index in [1.54, 1.807) is 11.0 Å². The van der Waals surface area contributed by atoms with Crippen LogP contribution in [-0.2, 0) is 54.0 Å². The molecule has 6 rings (SSSR count). The monoisotopic (exact) mass is 1270 g/mol. The van der Waals surface area contributed by atoms with Crippen molar-refractivity contribution in [2.24, 2.45) is 17.3 Å². The van der Waals surface area contributed by atoms with Gasteiger partial charge in [-0.3, -0.25) is 24.1 Å². The van der Waals surface area contributed by atoms with Crippen LogP contribution in [0.2, 0.25) is 0 Å². The van der Waals surface area contributed by atoms with E-state index < -0.39 is 0 Å². The third-order valence-corrected chi connectivity index (χ3v) is 15.8. The van der Waals surface area contributed by atoms with Gasteiger partial charge in [0, 0.05) is 85.0 Å². The van der Waals surface area contributed by atoms with Gasteiger partial charge in [0.25, 0.3) is 0 Å². The van der Waals surface area contributed by atoms with Gasteiger partial charge >= 0.3 is 11.9 Å². The number of ether oxygens (including phenoxy) is 8. The lowest BCUT2D eigenvalue weighted by Gasteiger charge is -2.38. The van der Waals surface area contributed by atoms with E-state index in [4.69, 9.17) is 37.9 Å². The third kappa shape index (κ3) is 50.8. The normalized spacial score (nSPS) is 21.1.